The zero-order valence-corrected chi connectivity index (χ0v) is 11.6. The summed E-state index contributed by atoms with van der Waals surface area (Å²) in [6.45, 7) is 0. The molecule has 6 heteroatoms. The number of rotatable bonds is 2. The van der Waals surface area contributed by atoms with Crippen LogP contribution in [0.5, 0.6) is 0 Å². The van der Waals surface area contributed by atoms with Crippen molar-refractivity contribution in [1.29, 1.82) is 5.26 Å². The van der Waals surface area contributed by atoms with Crippen LogP contribution in [0.3, 0.4) is 0 Å². The van der Waals surface area contributed by atoms with Crippen LogP contribution < -0.4 is 5.32 Å². The second-order valence-corrected chi connectivity index (χ2v) is 5.50. The summed E-state index contributed by atoms with van der Waals surface area (Å²) in [5.74, 6) is -0.283. The minimum absolute atomic E-state index is 0.283. The lowest BCUT2D eigenvalue weighted by Gasteiger charge is -2.03. The second kappa shape index (κ2) is 5.08. The van der Waals surface area contributed by atoms with E-state index in [4.69, 9.17) is 16.9 Å². The van der Waals surface area contributed by atoms with Crippen LogP contribution in [0.2, 0.25) is 5.02 Å². The van der Waals surface area contributed by atoms with Crippen molar-refractivity contribution in [1.82, 2.24) is 4.98 Å². The maximum absolute atomic E-state index is 13.1. The number of hydrogen-bond donors (Lipinski definition) is 1. The molecule has 0 radical (unpaired) electrons. The van der Waals surface area contributed by atoms with E-state index in [0.717, 1.165) is 15.9 Å². The van der Waals surface area contributed by atoms with Gasteiger partial charge in [0.1, 0.15) is 11.9 Å². The van der Waals surface area contributed by atoms with Crippen LogP contribution in [0.1, 0.15) is 5.56 Å². The molecule has 20 heavy (non-hydrogen) atoms. The number of anilines is 2. The molecule has 3 aromatic rings. The van der Waals surface area contributed by atoms with Crippen molar-refractivity contribution in [2.45, 2.75) is 0 Å². The lowest BCUT2D eigenvalue weighted by atomic mass is 10.2. The zero-order chi connectivity index (χ0) is 14.1. The Bertz CT molecular complexity index is 838. The highest BCUT2D eigenvalue weighted by molar-refractivity contribution is 7.22. The first-order chi connectivity index (χ1) is 9.65. The number of benzene rings is 2. The first-order valence-electron chi connectivity index (χ1n) is 5.68. The largest absolute Gasteiger partial charge is 0.331 e. The lowest BCUT2D eigenvalue weighted by molar-refractivity contribution is 0.630. The average Bonchev–Trinajstić information content (AvgIpc) is 2.80. The fraction of sp³-hybridized carbons (Fsp3) is 0. The zero-order valence-electron chi connectivity index (χ0n) is 10.0. The van der Waals surface area contributed by atoms with Crippen molar-refractivity contribution < 1.29 is 4.39 Å². The molecule has 3 nitrogen and oxygen atoms in total. The van der Waals surface area contributed by atoms with Gasteiger partial charge < -0.3 is 5.32 Å². The smallest absolute Gasteiger partial charge is 0.188 e. The van der Waals surface area contributed by atoms with Crippen LogP contribution in [-0.2, 0) is 0 Å². The molecular formula is C14H7ClFN3S. The van der Waals surface area contributed by atoms with E-state index >= 15 is 0 Å². The molecule has 0 amide bonds. The molecule has 0 fully saturated rings. The fourth-order valence-corrected chi connectivity index (χ4v) is 2.89. The van der Waals surface area contributed by atoms with Crippen molar-refractivity contribution in [2.75, 3.05) is 5.32 Å². The SMILES string of the molecule is N#Cc1ccc(Nc2nc3ccc(F)cc3s2)cc1Cl. The number of nitrogens with one attached hydrogen (secondary N) is 1. The molecule has 1 heterocycles. The third-order valence-electron chi connectivity index (χ3n) is 2.69. The van der Waals surface area contributed by atoms with Gasteiger partial charge in [-0.25, -0.2) is 9.37 Å². The molecule has 0 aliphatic heterocycles. The Balaban J connectivity index is 1.93. The van der Waals surface area contributed by atoms with Gasteiger partial charge in [0.25, 0.3) is 0 Å². The average molecular weight is 304 g/mol. The summed E-state index contributed by atoms with van der Waals surface area (Å²) in [4.78, 5) is 4.35. The summed E-state index contributed by atoms with van der Waals surface area (Å²) in [5.41, 5.74) is 1.88. The predicted octanol–water partition coefficient (Wildman–Crippen LogP) is 4.70. The van der Waals surface area contributed by atoms with Crippen LogP contribution in [0.4, 0.5) is 15.2 Å². The number of hydrogen-bond acceptors (Lipinski definition) is 4. The number of aromatic nitrogens is 1. The quantitative estimate of drug-likeness (QED) is 0.746. The van der Waals surface area contributed by atoms with Crippen LogP contribution in [0.25, 0.3) is 10.2 Å². The highest BCUT2D eigenvalue weighted by Gasteiger charge is 2.06. The summed E-state index contributed by atoms with van der Waals surface area (Å²) in [6, 6.07) is 11.5. The van der Waals surface area contributed by atoms with Gasteiger partial charge in [-0.05, 0) is 36.4 Å². The first-order valence-corrected chi connectivity index (χ1v) is 6.88. The maximum Gasteiger partial charge on any atom is 0.188 e. The highest BCUT2D eigenvalue weighted by atomic mass is 35.5. The van der Waals surface area contributed by atoms with Crippen LogP contribution in [0.15, 0.2) is 36.4 Å². The molecule has 0 spiro atoms. The lowest BCUT2D eigenvalue weighted by Crippen LogP contribution is -1.89. The molecular weight excluding hydrogens is 297 g/mol. The highest BCUT2D eigenvalue weighted by Crippen LogP contribution is 2.30. The molecule has 1 N–H and O–H groups in total. The molecule has 0 unspecified atom stereocenters. The Hall–Kier alpha value is -2.16. The molecule has 0 aliphatic carbocycles. The minimum Gasteiger partial charge on any atom is -0.331 e. The van der Waals surface area contributed by atoms with Gasteiger partial charge in [-0.15, -0.1) is 0 Å². The fourth-order valence-electron chi connectivity index (χ4n) is 1.76. The molecule has 0 saturated carbocycles. The molecule has 3 rings (SSSR count). The van der Waals surface area contributed by atoms with E-state index in [0.29, 0.717) is 15.7 Å². The number of nitrogens with zero attached hydrogens (tertiary/aromatic N) is 2. The van der Waals surface area contributed by atoms with E-state index in [9.17, 15) is 4.39 Å². The molecule has 98 valence electrons. The van der Waals surface area contributed by atoms with E-state index in [1.807, 2.05) is 6.07 Å². The van der Waals surface area contributed by atoms with Crippen LogP contribution in [0, 0.1) is 17.1 Å². The Morgan fingerprint density at radius 3 is 2.85 bits per heavy atom. The van der Waals surface area contributed by atoms with Crippen LogP contribution in [-0.4, -0.2) is 4.98 Å². The van der Waals surface area contributed by atoms with Crippen molar-refractivity contribution in [2.24, 2.45) is 0 Å². The van der Waals surface area contributed by atoms with Gasteiger partial charge in [-0.3, -0.25) is 0 Å². The van der Waals surface area contributed by atoms with E-state index < -0.39 is 0 Å². The van der Waals surface area contributed by atoms with Gasteiger partial charge >= 0.3 is 0 Å². The summed E-state index contributed by atoms with van der Waals surface area (Å²) in [5, 5.41) is 12.9. The van der Waals surface area contributed by atoms with Crippen LogP contribution >= 0.6 is 22.9 Å². The van der Waals surface area contributed by atoms with Crippen molar-refractivity contribution >= 4 is 44.0 Å². The number of thiazole rings is 1. The molecule has 0 bridgehead atoms. The third kappa shape index (κ3) is 2.44. The third-order valence-corrected chi connectivity index (χ3v) is 3.94. The second-order valence-electron chi connectivity index (χ2n) is 4.06. The van der Waals surface area contributed by atoms with E-state index in [-0.39, 0.29) is 5.82 Å². The predicted molar refractivity (Wildman–Crippen MR) is 79.0 cm³/mol. The molecule has 0 atom stereocenters. The number of halogens is 2. The van der Waals surface area contributed by atoms with E-state index in [2.05, 4.69) is 10.3 Å². The maximum atomic E-state index is 13.1. The van der Waals surface area contributed by atoms with E-state index in [1.54, 1.807) is 24.3 Å². The molecule has 2 aromatic carbocycles. The van der Waals surface area contributed by atoms with Gasteiger partial charge in [0.2, 0.25) is 0 Å². The summed E-state index contributed by atoms with van der Waals surface area (Å²) < 4.78 is 13.9. The number of nitriles is 1. The monoisotopic (exact) mass is 303 g/mol. The Morgan fingerprint density at radius 2 is 2.10 bits per heavy atom. The van der Waals surface area contributed by atoms with E-state index in [1.165, 1.54) is 23.5 Å². The molecule has 0 aliphatic rings. The van der Waals surface area contributed by atoms with Gasteiger partial charge in [0.15, 0.2) is 5.13 Å². The van der Waals surface area contributed by atoms with Gasteiger partial charge in [0, 0.05) is 5.69 Å². The first kappa shape index (κ1) is 12.9. The summed E-state index contributed by atoms with van der Waals surface area (Å²) >= 11 is 7.32. The minimum atomic E-state index is -0.283. The molecule has 1 aromatic heterocycles. The normalized spacial score (nSPS) is 10.4. The van der Waals surface area contributed by atoms with Crippen molar-refractivity contribution in [3.63, 3.8) is 0 Å². The standard InChI is InChI=1S/C14H7ClFN3S/c15-11-6-10(3-1-8(11)7-17)18-14-19-12-4-2-9(16)5-13(12)20-14/h1-6H,(H,18,19). The number of fused-ring (bicyclic) bond motifs is 1. The summed E-state index contributed by atoms with van der Waals surface area (Å²) in [6.07, 6.45) is 0. The van der Waals surface area contributed by atoms with Crippen molar-refractivity contribution in [3.8, 4) is 6.07 Å². The molecule has 0 saturated heterocycles. The topological polar surface area (TPSA) is 48.7 Å². The van der Waals surface area contributed by atoms with Crippen molar-refractivity contribution in [3.05, 3.63) is 52.8 Å². The van der Waals surface area contributed by atoms with Gasteiger partial charge in [-0.1, -0.05) is 22.9 Å². The summed E-state index contributed by atoms with van der Waals surface area (Å²) in [7, 11) is 0. The van der Waals surface area contributed by atoms with Gasteiger partial charge in [-0.2, -0.15) is 5.26 Å². The van der Waals surface area contributed by atoms with Gasteiger partial charge in [0.05, 0.1) is 20.8 Å². The Kier molecular flexibility index (Phi) is 3.26. The Labute approximate surface area is 123 Å². The Morgan fingerprint density at radius 1 is 1.25 bits per heavy atom.